The second-order valence-corrected chi connectivity index (χ2v) is 6.37. The molecule has 0 saturated heterocycles. The number of sulfonamides is 1. The molecule has 0 aliphatic rings. The van der Waals surface area contributed by atoms with E-state index < -0.39 is 10.0 Å². The standard InChI is InChI=1S/C15H22N2O3S/c1-4-17(13(2)12-20-3)21(18,19)15-10-6-5-8-14(15)9-7-11-16/h5-6,8,10,13H,4,11-12,16H2,1-3H3. The summed E-state index contributed by atoms with van der Waals surface area (Å²) in [4.78, 5) is 0.204. The van der Waals surface area contributed by atoms with Gasteiger partial charge in [-0.25, -0.2) is 8.42 Å². The molecule has 0 amide bonds. The maximum absolute atomic E-state index is 12.8. The summed E-state index contributed by atoms with van der Waals surface area (Å²) in [5.74, 6) is 5.52. The van der Waals surface area contributed by atoms with Gasteiger partial charge in [0, 0.05) is 25.3 Å². The van der Waals surface area contributed by atoms with Crippen LogP contribution in [0, 0.1) is 11.8 Å². The fourth-order valence-electron chi connectivity index (χ4n) is 2.11. The summed E-state index contributed by atoms with van der Waals surface area (Å²) < 4.78 is 32.1. The third-order valence-corrected chi connectivity index (χ3v) is 5.16. The van der Waals surface area contributed by atoms with E-state index in [-0.39, 0.29) is 17.5 Å². The number of methoxy groups -OCH3 is 1. The molecule has 0 saturated carbocycles. The average Bonchev–Trinajstić information content (AvgIpc) is 2.46. The summed E-state index contributed by atoms with van der Waals surface area (Å²) in [5, 5.41) is 0. The van der Waals surface area contributed by atoms with E-state index in [2.05, 4.69) is 11.8 Å². The summed E-state index contributed by atoms with van der Waals surface area (Å²) in [5.41, 5.74) is 5.82. The Kier molecular flexibility index (Phi) is 6.85. The molecule has 1 unspecified atom stereocenters. The third kappa shape index (κ3) is 4.29. The van der Waals surface area contributed by atoms with E-state index in [0.29, 0.717) is 18.7 Å². The van der Waals surface area contributed by atoms with Crippen molar-refractivity contribution in [3.63, 3.8) is 0 Å². The van der Waals surface area contributed by atoms with Gasteiger partial charge in [-0.1, -0.05) is 30.9 Å². The molecular weight excluding hydrogens is 288 g/mol. The van der Waals surface area contributed by atoms with Gasteiger partial charge in [0.2, 0.25) is 10.0 Å². The van der Waals surface area contributed by atoms with E-state index in [1.54, 1.807) is 38.3 Å². The van der Waals surface area contributed by atoms with Crippen LogP contribution in [0.5, 0.6) is 0 Å². The van der Waals surface area contributed by atoms with Gasteiger partial charge < -0.3 is 10.5 Å². The van der Waals surface area contributed by atoms with Crippen LogP contribution in [0.1, 0.15) is 19.4 Å². The molecule has 0 fully saturated rings. The van der Waals surface area contributed by atoms with Crippen molar-refractivity contribution in [3.05, 3.63) is 29.8 Å². The number of likely N-dealkylation sites (N-methyl/N-ethyl adjacent to an activating group) is 1. The number of nitrogens with two attached hydrogens (primary N) is 1. The average molecular weight is 310 g/mol. The Labute approximate surface area is 127 Å². The fraction of sp³-hybridized carbons (Fsp3) is 0.467. The molecule has 6 heteroatoms. The van der Waals surface area contributed by atoms with Crippen molar-refractivity contribution >= 4 is 10.0 Å². The largest absolute Gasteiger partial charge is 0.383 e. The van der Waals surface area contributed by atoms with Crippen LogP contribution in [0.4, 0.5) is 0 Å². The highest BCUT2D eigenvalue weighted by molar-refractivity contribution is 7.89. The van der Waals surface area contributed by atoms with Crippen LogP contribution in [-0.4, -0.2) is 45.6 Å². The Morgan fingerprint density at radius 2 is 2.05 bits per heavy atom. The topological polar surface area (TPSA) is 72.6 Å². The molecule has 5 nitrogen and oxygen atoms in total. The highest BCUT2D eigenvalue weighted by atomic mass is 32.2. The maximum atomic E-state index is 12.8. The first-order valence-corrected chi connectivity index (χ1v) is 8.21. The molecule has 0 aromatic heterocycles. The first kappa shape index (κ1) is 17.7. The molecule has 1 rings (SSSR count). The van der Waals surface area contributed by atoms with E-state index in [1.807, 2.05) is 6.92 Å². The second kappa shape index (κ2) is 8.15. The fourth-order valence-corrected chi connectivity index (χ4v) is 3.89. The lowest BCUT2D eigenvalue weighted by Gasteiger charge is -2.27. The number of rotatable bonds is 6. The summed E-state index contributed by atoms with van der Waals surface area (Å²) in [6.45, 7) is 4.51. The number of hydrogen-bond donors (Lipinski definition) is 1. The highest BCUT2D eigenvalue weighted by Gasteiger charge is 2.29. The summed E-state index contributed by atoms with van der Waals surface area (Å²) in [6.07, 6.45) is 0. The van der Waals surface area contributed by atoms with Gasteiger partial charge in [-0.15, -0.1) is 0 Å². The van der Waals surface area contributed by atoms with Crippen molar-refractivity contribution in [2.75, 3.05) is 26.8 Å². The summed E-state index contributed by atoms with van der Waals surface area (Å²) in [7, 11) is -2.07. The minimum atomic E-state index is -3.62. The second-order valence-electron chi connectivity index (χ2n) is 4.51. The van der Waals surface area contributed by atoms with Crippen molar-refractivity contribution < 1.29 is 13.2 Å². The lowest BCUT2D eigenvalue weighted by Crippen LogP contribution is -2.41. The van der Waals surface area contributed by atoms with Gasteiger partial charge in [-0.3, -0.25) is 0 Å². The van der Waals surface area contributed by atoms with Crippen LogP contribution in [0.2, 0.25) is 0 Å². The van der Waals surface area contributed by atoms with Crippen LogP contribution in [-0.2, 0) is 14.8 Å². The lowest BCUT2D eigenvalue weighted by molar-refractivity contribution is 0.142. The Hall–Kier alpha value is -1.39. The van der Waals surface area contributed by atoms with E-state index in [1.165, 1.54) is 4.31 Å². The minimum Gasteiger partial charge on any atom is -0.383 e. The number of hydrogen-bond acceptors (Lipinski definition) is 4. The van der Waals surface area contributed by atoms with E-state index in [4.69, 9.17) is 10.5 Å². The number of nitrogens with zero attached hydrogens (tertiary/aromatic N) is 1. The first-order chi connectivity index (χ1) is 9.98. The molecule has 0 spiro atoms. The highest BCUT2D eigenvalue weighted by Crippen LogP contribution is 2.21. The van der Waals surface area contributed by atoms with Gasteiger partial charge in [0.15, 0.2) is 0 Å². The number of ether oxygens (including phenoxy) is 1. The van der Waals surface area contributed by atoms with Crippen molar-refractivity contribution in [2.45, 2.75) is 24.8 Å². The van der Waals surface area contributed by atoms with Crippen LogP contribution in [0.15, 0.2) is 29.2 Å². The van der Waals surface area contributed by atoms with Crippen LogP contribution < -0.4 is 5.73 Å². The van der Waals surface area contributed by atoms with Gasteiger partial charge in [0.05, 0.1) is 18.0 Å². The van der Waals surface area contributed by atoms with E-state index in [9.17, 15) is 8.42 Å². The molecule has 1 aromatic carbocycles. The van der Waals surface area contributed by atoms with Crippen molar-refractivity contribution in [2.24, 2.45) is 5.73 Å². The molecule has 2 N–H and O–H groups in total. The smallest absolute Gasteiger partial charge is 0.244 e. The third-order valence-electron chi connectivity index (χ3n) is 3.01. The monoisotopic (exact) mass is 310 g/mol. The van der Waals surface area contributed by atoms with Crippen LogP contribution in [0.25, 0.3) is 0 Å². The molecule has 21 heavy (non-hydrogen) atoms. The summed E-state index contributed by atoms with van der Waals surface area (Å²) >= 11 is 0. The van der Waals surface area contributed by atoms with Gasteiger partial charge >= 0.3 is 0 Å². The first-order valence-electron chi connectivity index (χ1n) is 6.77. The van der Waals surface area contributed by atoms with E-state index >= 15 is 0 Å². The Bertz CT molecular complexity index is 617. The van der Waals surface area contributed by atoms with Crippen molar-refractivity contribution in [1.29, 1.82) is 0 Å². The van der Waals surface area contributed by atoms with E-state index in [0.717, 1.165) is 0 Å². The number of benzene rings is 1. The molecule has 0 heterocycles. The lowest BCUT2D eigenvalue weighted by atomic mass is 10.2. The zero-order valence-electron chi connectivity index (χ0n) is 12.7. The zero-order valence-corrected chi connectivity index (χ0v) is 13.5. The normalized spacial score (nSPS) is 12.8. The van der Waals surface area contributed by atoms with Gasteiger partial charge in [-0.2, -0.15) is 4.31 Å². The Balaban J connectivity index is 3.29. The maximum Gasteiger partial charge on any atom is 0.244 e. The molecule has 0 aliphatic carbocycles. The van der Waals surface area contributed by atoms with Gasteiger partial charge in [-0.05, 0) is 19.1 Å². The molecular formula is C15H22N2O3S. The predicted molar refractivity (Wildman–Crippen MR) is 83.3 cm³/mol. The molecule has 116 valence electrons. The van der Waals surface area contributed by atoms with Crippen LogP contribution >= 0.6 is 0 Å². The van der Waals surface area contributed by atoms with Gasteiger partial charge in [0.25, 0.3) is 0 Å². The summed E-state index contributed by atoms with van der Waals surface area (Å²) in [6, 6.07) is 6.45. The Morgan fingerprint density at radius 3 is 2.62 bits per heavy atom. The predicted octanol–water partition coefficient (Wildman–Crippen LogP) is 1.04. The van der Waals surface area contributed by atoms with Crippen LogP contribution in [0.3, 0.4) is 0 Å². The molecule has 0 aliphatic heterocycles. The SMILES string of the molecule is CCN(C(C)COC)S(=O)(=O)c1ccccc1C#CCN. The molecule has 1 atom stereocenters. The molecule has 0 bridgehead atoms. The zero-order chi connectivity index (χ0) is 15.9. The minimum absolute atomic E-state index is 0.186. The molecule has 1 aromatic rings. The van der Waals surface area contributed by atoms with Crippen molar-refractivity contribution in [3.8, 4) is 11.8 Å². The van der Waals surface area contributed by atoms with Gasteiger partial charge in [0.1, 0.15) is 0 Å². The van der Waals surface area contributed by atoms with Crippen molar-refractivity contribution in [1.82, 2.24) is 4.31 Å². The molecule has 0 radical (unpaired) electrons. The quantitative estimate of drug-likeness (QED) is 0.797. The Morgan fingerprint density at radius 1 is 1.38 bits per heavy atom.